The molecule has 0 aliphatic heterocycles. The van der Waals surface area contributed by atoms with Gasteiger partial charge < -0.3 is 15.3 Å². The number of carbonyl (C=O) groups is 2. The number of hydrogen-bond donors (Lipinski definition) is 2. The molecule has 0 saturated carbocycles. The average Bonchev–Trinajstić information content (AvgIpc) is 2.43. The molecular formula is C17H26N2O3. The fourth-order valence-corrected chi connectivity index (χ4v) is 2.01. The first-order valence-corrected chi connectivity index (χ1v) is 7.42. The second-order valence-corrected chi connectivity index (χ2v) is 6.73. The standard InChI is InChI=1S/C17H26N2O3/c1-12(15(20)21)11-19(5)16(22)18-10-13-6-8-14(9-7-13)17(2,3)4/h6-9,12H,10-11H2,1-5H3,(H,18,22)(H,20,21). The van der Waals surface area contributed by atoms with Crippen molar-refractivity contribution in [3.05, 3.63) is 35.4 Å². The van der Waals surface area contributed by atoms with E-state index < -0.39 is 11.9 Å². The number of amides is 2. The van der Waals surface area contributed by atoms with E-state index in [4.69, 9.17) is 5.11 Å². The summed E-state index contributed by atoms with van der Waals surface area (Å²) < 4.78 is 0. The van der Waals surface area contributed by atoms with Crippen LogP contribution < -0.4 is 5.32 Å². The van der Waals surface area contributed by atoms with Crippen molar-refractivity contribution < 1.29 is 14.7 Å². The molecule has 2 amide bonds. The van der Waals surface area contributed by atoms with Gasteiger partial charge in [-0.3, -0.25) is 4.79 Å². The van der Waals surface area contributed by atoms with E-state index in [1.54, 1.807) is 14.0 Å². The topological polar surface area (TPSA) is 69.6 Å². The largest absolute Gasteiger partial charge is 0.481 e. The van der Waals surface area contributed by atoms with Crippen LogP contribution in [0, 0.1) is 5.92 Å². The van der Waals surface area contributed by atoms with Gasteiger partial charge in [-0.25, -0.2) is 4.79 Å². The lowest BCUT2D eigenvalue weighted by atomic mass is 9.87. The molecule has 1 unspecified atom stereocenters. The average molecular weight is 306 g/mol. The Morgan fingerprint density at radius 3 is 2.23 bits per heavy atom. The van der Waals surface area contributed by atoms with Crippen molar-refractivity contribution in [2.24, 2.45) is 5.92 Å². The number of carboxylic acid groups (broad SMARTS) is 1. The Kier molecular flexibility index (Phi) is 5.97. The molecular weight excluding hydrogens is 280 g/mol. The Bertz CT molecular complexity index is 518. The molecule has 22 heavy (non-hydrogen) atoms. The molecule has 5 nitrogen and oxygen atoms in total. The molecule has 1 aromatic carbocycles. The van der Waals surface area contributed by atoms with E-state index in [1.807, 2.05) is 12.1 Å². The summed E-state index contributed by atoms with van der Waals surface area (Å²) in [5.74, 6) is -1.49. The first kappa shape index (κ1) is 18.0. The SMILES string of the molecule is CC(CN(C)C(=O)NCc1ccc(C(C)(C)C)cc1)C(=O)O. The third-order valence-corrected chi connectivity index (χ3v) is 3.58. The Morgan fingerprint density at radius 2 is 1.77 bits per heavy atom. The van der Waals surface area contributed by atoms with Crippen molar-refractivity contribution in [3.8, 4) is 0 Å². The third kappa shape index (κ3) is 5.39. The van der Waals surface area contributed by atoms with Crippen LogP contribution in [0.3, 0.4) is 0 Å². The van der Waals surface area contributed by atoms with E-state index in [0.717, 1.165) is 5.56 Å². The fourth-order valence-electron chi connectivity index (χ4n) is 2.01. The zero-order valence-electron chi connectivity index (χ0n) is 14.0. The molecule has 0 fully saturated rings. The van der Waals surface area contributed by atoms with Crippen LogP contribution in [0.1, 0.15) is 38.8 Å². The molecule has 122 valence electrons. The molecule has 0 aliphatic carbocycles. The minimum atomic E-state index is -0.905. The summed E-state index contributed by atoms with van der Waals surface area (Å²) in [6.45, 7) is 8.66. The van der Waals surface area contributed by atoms with Crippen molar-refractivity contribution >= 4 is 12.0 Å². The van der Waals surface area contributed by atoms with Crippen LogP contribution in [0.5, 0.6) is 0 Å². The number of benzene rings is 1. The first-order chi connectivity index (χ1) is 10.1. The molecule has 5 heteroatoms. The zero-order valence-corrected chi connectivity index (χ0v) is 14.0. The van der Waals surface area contributed by atoms with Gasteiger partial charge in [0, 0.05) is 20.1 Å². The van der Waals surface area contributed by atoms with Gasteiger partial charge in [0.2, 0.25) is 0 Å². The number of carboxylic acids is 1. The van der Waals surface area contributed by atoms with Gasteiger partial charge in [-0.05, 0) is 16.5 Å². The summed E-state index contributed by atoms with van der Waals surface area (Å²) in [5.41, 5.74) is 2.37. The van der Waals surface area contributed by atoms with E-state index in [0.29, 0.717) is 6.54 Å². The maximum atomic E-state index is 11.9. The highest BCUT2D eigenvalue weighted by atomic mass is 16.4. The van der Waals surface area contributed by atoms with Gasteiger partial charge >= 0.3 is 12.0 Å². The van der Waals surface area contributed by atoms with E-state index >= 15 is 0 Å². The van der Waals surface area contributed by atoms with Gasteiger partial charge in [0.25, 0.3) is 0 Å². The summed E-state index contributed by atoms with van der Waals surface area (Å²) in [4.78, 5) is 24.1. The number of hydrogen-bond acceptors (Lipinski definition) is 2. The van der Waals surface area contributed by atoms with E-state index in [1.165, 1.54) is 10.5 Å². The summed E-state index contributed by atoms with van der Waals surface area (Å²) in [7, 11) is 1.59. The number of carbonyl (C=O) groups excluding carboxylic acids is 1. The van der Waals surface area contributed by atoms with Crippen molar-refractivity contribution in [2.45, 2.75) is 39.7 Å². The molecule has 0 aromatic heterocycles. The maximum Gasteiger partial charge on any atom is 0.317 e. The Morgan fingerprint density at radius 1 is 1.23 bits per heavy atom. The summed E-state index contributed by atoms with van der Waals surface area (Å²) in [5, 5.41) is 11.6. The predicted molar refractivity (Wildman–Crippen MR) is 86.8 cm³/mol. The summed E-state index contributed by atoms with van der Waals surface area (Å²) in [6, 6.07) is 7.87. The van der Waals surface area contributed by atoms with Crippen LogP contribution in [0.25, 0.3) is 0 Å². The van der Waals surface area contributed by atoms with Gasteiger partial charge in [-0.1, -0.05) is 52.0 Å². The van der Waals surface area contributed by atoms with Crippen molar-refractivity contribution in [1.82, 2.24) is 10.2 Å². The van der Waals surface area contributed by atoms with Gasteiger partial charge in [-0.2, -0.15) is 0 Å². The number of aliphatic carboxylic acids is 1. The minimum Gasteiger partial charge on any atom is -0.481 e. The van der Waals surface area contributed by atoms with Crippen LogP contribution in [0.4, 0.5) is 4.79 Å². The number of rotatable bonds is 5. The Balaban J connectivity index is 2.52. The normalized spacial score (nSPS) is 12.6. The van der Waals surface area contributed by atoms with Gasteiger partial charge in [0.1, 0.15) is 0 Å². The molecule has 0 radical (unpaired) electrons. The smallest absolute Gasteiger partial charge is 0.317 e. The molecule has 1 atom stereocenters. The number of nitrogens with zero attached hydrogens (tertiary/aromatic N) is 1. The molecule has 1 aromatic rings. The molecule has 0 bridgehead atoms. The summed E-state index contributed by atoms with van der Waals surface area (Å²) in [6.07, 6.45) is 0. The van der Waals surface area contributed by atoms with Gasteiger partial charge in [0.05, 0.1) is 5.92 Å². The predicted octanol–water partition coefficient (Wildman–Crippen LogP) is 2.85. The third-order valence-electron chi connectivity index (χ3n) is 3.58. The van der Waals surface area contributed by atoms with Crippen molar-refractivity contribution in [2.75, 3.05) is 13.6 Å². The van der Waals surface area contributed by atoms with Crippen LogP contribution in [0.15, 0.2) is 24.3 Å². The number of urea groups is 1. The van der Waals surface area contributed by atoms with Crippen LogP contribution in [-0.2, 0) is 16.8 Å². The molecule has 0 aliphatic rings. The monoisotopic (exact) mass is 306 g/mol. The van der Waals surface area contributed by atoms with Crippen LogP contribution in [0.2, 0.25) is 0 Å². The first-order valence-electron chi connectivity index (χ1n) is 7.42. The molecule has 2 N–H and O–H groups in total. The fraction of sp³-hybridized carbons (Fsp3) is 0.529. The summed E-state index contributed by atoms with van der Waals surface area (Å²) >= 11 is 0. The van der Waals surface area contributed by atoms with Crippen molar-refractivity contribution in [1.29, 1.82) is 0 Å². The van der Waals surface area contributed by atoms with E-state index in [2.05, 4.69) is 38.2 Å². The van der Waals surface area contributed by atoms with Crippen LogP contribution >= 0.6 is 0 Å². The zero-order chi connectivity index (χ0) is 16.9. The highest BCUT2D eigenvalue weighted by Crippen LogP contribution is 2.22. The van der Waals surface area contributed by atoms with Gasteiger partial charge in [0.15, 0.2) is 0 Å². The Labute approximate surface area is 132 Å². The lowest BCUT2D eigenvalue weighted by Crippen LogP contribution is -2.40. The van der Waals surface area contributed by atoms with Crippen molar-refractivity contribution in [3.63, 3.8) is 0 Å². The van der Waals surface area contributed by atoms with E-state index in [9.17, 15) is 9.59 Å². The highest BCUT2D eigenvalue weighted by molar-refractivity contribution is 5.75. The molecule has 0 saturated heterocycles. The van der Waals surface area contributed by atoms with E-state index in [-0.39, 0.29) is 18.0 Å². The molecule has 0 spiro atoms. The lowest BCUT2D eigenvalue weighted by molar-refractivity contribution is -0.141. The lowest BCUT2D eigenvalue weighted by Gasteiger charge is -2.21. The second kappa shape index (κ2) is 7.29. The number of nitrogens with one attached hydrogen (secondary N) is 1. The van der Waals surface area contributed by atoms with Crippen LogP contribution in [-0.4, -0.2) is 35.6 Å². The minimum absolute atomic E-state index is 0.106. The maximum absolute atomic E-state index is 11.9. The van der Waals surface area contributed by atoms with Gasteiger partial charge in [-0.15, -0.1) is 0 Å². The highest BCUT2D eigenvalue weighted by Gasteiger charge is 2.17. The Hall–Kier alpha value is -2.04. The molecule has 0 heterocycles. The molecule has 1 rings (SSSR count). The quantitative estimate of drug-likeness (QED) is 0.879. The second-order valence-electron chi connectivity index (χ2n) is 6.73.